The molecule has 1 aromatic rings. The minimum absolute atomic E-state index is 0.569. The molecule has 106 valence electrons. The summed E-state index contributed by atoms with van der Waals surface area (Å²) in [7, 11) is 0. The number of anilines is 1. The van der Waals surface area contributed by atoms with Gasteiger partial charge in [-0.2, -0.15) is 5.26 Å². The summed E-state index contributed by atoms with van der Waals surface area (Å²) in [5.74, 6) is 0.821. The Bertz CT molecular complexity index is 513. The molecule has 1 aliphatic heterocycles. The molecule has 1 atom stereocenters. The number of hydrogen-bond donors (Lipinski definition) is 1. The van der Waals surface area contributed by atoms with Gasteiger partial charge < -0.3 is 10.2 Å². The van der Waals surface area contributed by atoms with Gasteiger partial charge in [-0.3, -0.25) is 0 Å². The topological polar surface area (TPSA) is 39.1 Å². The molecule has 1 N–H and O–H groups in total. The molecule has 1 saturated heterocycles. The Morgan fingerprint density at radius 1 is 1.30 bits per heavy atom. The van der Waals surface area contributed by atoms with Crippen molar-refractivity contribution in [3.63, 3.8) is 0 Å². The molecule has 20 heavy (non-hydrogen) atoms. The predicted molar refractivity (Wildman–Crippen MR) is 84.8 cm³/mol. The van der Waals surface area contributed by atoms with Crippen molar-refractivity contribution in [3.05, 3.63) is 28.2 Å². The molecule has 2 fully saturated rings. The van der Waals surface area contributed by atoms with Gasteiger partial charge in [0, 0.05) is 23.6 Å². The van der Waals surface area contributed by atoms with Crippen LogP contribution in [0, 0.1) is 17.2 Å². The van der Waals surface area contributed by atoms with Crippen LogP contribution in [0.15, 0.2) is 22.7 Å². The summed E-state index contributed by atoms with van der Waals surface area (Å²) in [5.41, 5.74) is 1.86. The monoisotopic (exact) mass is 333 g/mol. The SMILES string of the molecule is N#Cc1c(Br)cccc1N(CC1CC1)CC1CCCN1. The molecule has 1 aromatic carbocycles. The lowest BCUT2D eigenvalue weighted by Crippen LogP contribution is -2.39. The summed E-state index contributed by atoms with van der Waals surface area (Å²) in [6, 6.07) is 8.99. The van der Waals surface area contributed by atoms with E-state index in [1.165, 1.54) is 25.7 Å². The molecule has 1 heterocycles. The lowest BCUT2D eigenvalue weighted by Gasteiger charge is -2.29. The summed E-state index contributed by atoms with van der Waals surface area (Å²) in [5, 5.41) is 13.0. The molecule has 3 nitrogen and oxygen atoms in total. The molecule has 1 aliphatic carbocycles. The van der Waals surface area contributed by atoms with Crippen LogP contribution in [0.25, 0.3) is 0 Å². The van der Waals surface area contributed by atoms with Crippen molar-refractivity contribution >= 4 is 21.6 Å². The number of nitriles is 1. The van der Waals surface area contributed by atoms with Crippen molar-refractivity contribution in [3.8, 4) is 6.07 Å². The zero-order valence-corrected chi connectivity index (χ0v) is 13.2. The van der Waals surface area contributed by atoms with Gasteiger partial charge >= 0.3 is 0 Å². The van der Waals surface area contributed by atoms with Crippen molar-refractivity contribution in [2.75, 3.05) is 24.5 Å². The van der Waals surface area contributed by atoms with Crippen molar-refractivity contribution in [2.45, 2.75) is 31.7 Å². The van der Waals surface area contributed by atoms with E-state index in [0.29, 0.717) is 6.04 Å². The molecule has 4 heteroatoms. The smallest absolute Gasteiger partial charge is 0.103 e. The number of halogens is 1. The van der Waals surface area contributed by atoms with E-state index in [2.05, 4.69) is 38.3 Å². The van der Waals surface area contributed by atoms with Crippen LogP contribution in [0.3, 0.4) is 0 Å². The molecule has 0 amide bonds. The molecule has 0 spiro atoms. The number of rotatable bonds is 5. The average molecular weight is 334 g/mol. The molecule has 3 rings (SSSR count). The average Bonchev–Trinajstić information content (AvgIpc) is 3.11. The number of nitrogens with zero attached hydrogens (tertiary/aromatic N) is 2. The normalized spacial score (nSPS) is 21.7. The Kier molecular flexibility index (Phi) is 4.28. The maximum absolute atomic E-state index is 9.44. The van der Waals surface area contributed by atoms with E-state index in [-0.39, 0.29) is 0 Å². The zero-order chi connectivity index (χ0) is 13.9. The Morgan fingerprint density at radius 3 is 2.80 bits per heavy atom. The first-order valence-corrected chi connectivity index (χ1v) is 8.24. The second-order valence-corrected chi connectivity index (χ2v) is 6.74. The minimum Gasteiger partial charge on any atom is -0.369 e. The summed E-state index contributed by atoms with van der Waals surface area (Å²) in [6.07, 6.45) is 5.19. The minimum atomic E-state index is 0.569. The fourth-order valence-corrected chi connectivity index (χ4v) is 3.39. The van der Waals surface area contributed by atoms with Crippen molar-refractivity contribution in [1.29, 1.82) is 5.26 Å². The Labute approximate surface area is 129 Å². The molecule has 0 radical (unpaired) electrons. The van der Waals surface area contributed by atoms with Gasteiger partial charge in [-0.05, 0) is 66.2 Å². The van der Waals surface area contributed by atoms with E-state index in [1.807, 2.05) is 12.1 Å². The van der Waals surface area contributed by atoms with E-state index in [1.54, 1.807) is 0 Å². The Hall–Kier alpha value is -1.05. The van der Waals surface area contributed by atoms with Crippen LogP contribution < -0.4 is 10.2 Å². The lowest BCUT2D eigenvalue weighted by atomic mass is 10.1. The fourth-order valence-electron chi connectivity index (χ4n) is 2.95. The quantitative estimate of drug-likeness (QED) is 0.898. The van der Waals surface area contributed by atoms with Crippen LogP contribution in [-0.2, 0) is 0 Å². The second kappa shape index (κ2) is 6.15. The number of hydrogen-bond acceptors (Lipinski definition) is 3. The highest BCUT2D eigenvalue weighted by atomic mass is 79.9. The van der Waals surface area contributed by atoms with E-state index >= 15 is 0 Å². The van der Waals surface area contributed by atoms with Crippen LogP contribution in [0.5, 0.6) is 0 Å². The standard InChI is InChI=1S/C16H20BrN3/c17-15-4-1-5-16(14(15)9-18)20(10-12-6-7-12)11-13-3-2-8-19-13/h1,4-5,12-13,19H,2-3,6-8,10-11H2. The third-order valence-electron chi connectivity index (χ3n) is 4.22. The van der Waals surface area contributed by atoms with Gasteiger partial charge in [-0.25, -0.2) is 0 Å². The highest BCUT2D eigenvalue weighted by Gasteiger charge is 2.28. The van der Waals surface area contributed by atoms with E-state index in [4.69, 9.17) is 0 Å². The maximum atomic E-state index is 9.44. The maximum Gasteiger partial charge on any atom is 0.103 e. The van der Waals surface area contributed by atoms with Crippen molar-refractivity contribution in [2.24, 2.45) is 5.92 Å². The highest BCUT2D eigenvalue weighted by Crippen LogP contribution is 2.34. The van der Waals surface area contributed by atoms with Gasteiger partial charge in [0.05, 0.1) is 11.3 Å². The molecule has 0 bridgehead atoms. The van der Waals surface area contributed by atoms with Gasteiger partial charge in [0.25, 0.3) is 0 Å². The van der Waals surface area contributed by atoms with Gasteiger partial charge in [-0.15, -0.1) is 0 Å². The van der Waals surface area contributed by atoms with Gasteiger partial charge in [0.1, 0.15) is 6.07 Å². The summed E-state index contributed by atoms with van der Waals surface area (Å²) >= 11 is 3.51. The molecular weight excluding hydrogens is 314 g/mol. The highest BCUT2D eigenvalue weighted by molar-refractivity contribution is 9.10. The first-order chi connectivity index (χ1) is 9.78. The van der Waals surface area contributed by atoms with Gasteiger partial charge in [-0.1, -0.05) is 6.07 Å². The summed E-state index contributed by atoms with van der Waals surface area (Å²) in [4.78, 5) is 2.42. The summed E-state index contributed by atoms with van der Waals surface area (Å²) < 4.78 is 0.901. The zero-order valence-electron chi connectivity index (χ0n) is 11.6. The molecule has 0 aromatic heterocycles. The van der Waals surface area contributed by atoms with Gasteiger partial charge in [0.2, 0.25) is 0 Å². The van der Waals surface area contributed by atoms with Crippen LogP contribution in [0.1, 0.15) is 31.2 Å². The fraction of sp³-hybridized carbons (Fsp3) is 0.562. The molecule has 2 aliphatic rings. The number of nitrogens with one attached hydrogen (secondary N) is 1. The molecule has 1 unspecified atom stereocenters. The van der Waals surface area contributed by atoms with Gasteiger partial charge in [0.15, 0.2) is 0 Å². The summed E-state index contributed by atoms with van der Waals surface area (Å²) in [6.45, 7) is 3.23. The van der Waals surface area contributed by atoms with E-state index < -0.39 is 0 Å². The third-order valence-corrected chi connectivity index (χ3v) is 4.88. The van der Waals surface area contributed by atoms with Crippen molar-refractivity contribution in [1.82, 2.24) is 5.32 Å². The Morgan fingerprint density at radius 2 is 2.15 bits per heavy atom. The van der Waals surface area contributed by atoms with Crippen LogP contribution in [0.4, 0.5) is 5.69 Å². The van der Waals surface area contributed by atoms with E-state index in [9.17, 15) is 5.26 Å². The van der Waals surface area contributed by atoms with Crippen LogP contribution in [0.2, 0.25) is 0 Å². The predicted octanol–water partition coefficient (Wildman–Crippen LogP) is 3.29. The first kappa shape index (κ1) is 13.9. The molecular formula is C16H20BrN3. The first-order valence-electron chi connectivity index (χ1n) is 7.45. The molecule has 1 saturated carbocycles. The van der Waals surface area contributed by atoms with Crippen LogP contribution >= 0.6 is 15.9 Å². The lowest BCUT2D eigenvalue weighted by molar-refractivity contribution is 0.570. The Balaban J connectivity index is 1.83. The second-order valence-electron chi connectivity index (χ2n) is 5.89. The van der Waals surface area contributed by atoms with Crippen molar-refractivity contribution < 1.29 is 0 Å². The largest absolute Gasteiger partial charge is 0.369 e. The number of benzene rings is 1. The van der Waals surface area contributed by atoms with Crippen LogP contribution in [-0.4, -0.2) is 25.7 Å². The third kappa shape index (κ3) is 3.16. The van der Waals surface area contributed by atoms with E-state index in [0.717, 1.165) is 41.3 Å².